The first-order valence-electron chi connectivity index (χ1n) is 8.24. The van der Waals surface area contributed by atoms with Crippen LogP contribution >= 0.6 is 23.2 Å². The van der Waals surface area contributed by atoms with Crippen molar-refractivity contribution in [3.63, 3.8) is 0 Å². The predicted octanol–water partition coefficient (Wildman–Crippen LogP) is 4.44. The van der Waals surface area contributed by atoms with Crippen molar-refractivity contribution in [2.45, 2.75) is 37.6 Å². The average molecular weight is 364 g/mol. The number of rotatable bonds is 1. The van der Waals surface area contributed by atoms with Gasteiger partial charge in [0.2, 0.25) is 5.91 Å². The molecule has 1 aromatic heterocycles. The molecule has 1 aromatic carbocycles. The summed E-state index contributed by atoms with van der Waals surface area (Å²) >= 11 is 12.9. The van der Waals surface area contributed by atoms with Crippen molar-refractivity contribution < 1.29 is 4.79 Å². The number of benzene rings is 1. The number of imidazole rings is 1. The third-order valence-corrected chi connectivity index (χ3v) is 5.94. The van der Waals surface area contributed by atoms with Gasteiger partial charge in [-0.15, -0.1) is 11.6 Å². The molecule has 4 rings (SSSR count). The van der Waals surface area contributed by atoms with Gasteiger partial charge in [-0.3, -0.25) is 9.69 Å². The normalized spacial score (nSPS) is 26.2. The minimum atomic E-state index is -0.0349. The highest BCUT2D eigenvalue weighted by Crippen LogP contribution is 2.47. The lowest BCUT2D eigenvalue weighted by Gasteiger charge is -2.42. The first-order valence-corrected chi connectivity index (χ1v) is 9.06. The third kappa shape index (κ3) is 2.27. The van der Waals surface area contributed by atoms with E-state index in [4.69, 9.17) is 28.2 Å². The van der Waals surface area contributed by atoms with Gasteiger partial charge in [-0.25, -0.2) is 4.98 Å². The number of alkyl halides is 1. The van der Waals surface area contributed by atoms with Crippen LogP contribution in [0.3, 0.4) is 0 Å². The van der Waals surface area contributed by atoms with Gasteiger partial charge in [-0.1, -0.05) is 23.7 Å². The Morgan fingerprint density at radius 2 is 2.00 bits per heavy atom. The molecule has 1 fully saturated rings. The SMILES string of the molecule is Cc1nc(-c2ccccc2Cl)n2c1N(C)C(=O)C1CCC(Cl)CC12. The van der Waals surface area contributed by atoms with Gasteiger partial charge in [-0.05, 0) is 38.3 Å². The predicted molar refractivity (Wildman–Crippen MR) is 96.8 cm³/mol. The van der Waals surface area contributed by atoms with Gasteiger partial charge in [0.25, 0.3) is 0 Å². The van der Waals surface area contributed by atoms with Crippen LogP contribution < -0.4 is 4.90 Å². The van der Waals surface area contributed by atoms with E-state index >= 15 is 0 Å². The molecule has 0 N–H and O–H groups in total. The maximum absolute atomic E-state index is 12.8. The fourth-order valence-electron chi connectivity index (χ4n) is 4.11. The fourth-order valence-corrected chi connectivity index (χ4v) is 4.64. The van der Waals surface area contributed by atoms with Crippen LogP contribution in [0.4, 0.5) is 5.82 Å². The second-order valence-electron chi connectivity index (χ2n) is 6.68. The Bertz CT molecular complexity index is 817. The molecule has 0 radical (unpaired) electrons. The van der Waals surface area contributed by atoms with Gasteiger partial charge in [0.05, 0.1) is 22.7 Å². The van der Waals surface area contributed by atoms with E-state index in [1.54, 1.807) is 4.90 Å². The molecule has 3 atom stereocenters. The number of aryl methyl sites for hydroxylation is 1. The highest BCUT2D eigenvalue weighted by molar-refractivity contribution is 6.33. The zero-order valence-corrected chi connectivity index (χ0v) is 15.2. The summed E-state index contributed by atoms with van der Waals surface area (Å²) in [7, 11) is 1.84. The number of hydrogen-bond donors (Lipinski definition) is 0. The largest absolute Gasteiger partial charge is 0.306 e. The molecule has 3 unspecified atom stereocenters. The number of carbonyl (C=O) groups is 1. The highest BCUT2D eigenvalue weighted by atomic mass is 35.5. The molecule has 126 valence electrons. The Labute approximate surface area is 151 Å². The second-order valence-corrected chi connectivity index (χ2v) is 7.70. The molecule has 2 heterocycles. The quantitative estimate of drug-likeness (QED) is 0.702. The fraction of sp³-hybridized carbons (Fsp3) is 0.444. The molecule has 2 aliphatic rings. The van der Waals surface area contributed by atoms with Crippen LogP contribution in [-0.4, -0.2) is 27.9 Å². The standard InChI is InChI=1S/C18H19Cl2N3O/c1-10-17-22(2)18(24)13-8-7-11(19)9-15(13)23(17)16(21-10)12-5-3-4-6-14(12)20/h3-6,11,13,15H,7-9H2,1-2H3. The van der Waals surface area contributed by atoms with Gasteiger partial charge >= 0.3 is 0 Å². The Hall–Kier alpha value is -1.52. The number of halogens is 2. The van der Waals surface area contributed by atoms with E-state index in [9.17, 15) is 4.79 Å². The molecular formula is C18H19Cl2N3O. The first-order chi connectivity index (χ1) is 11.5. The molecule has 6 heteroatoms. The molecule has 1 aliphatic heterocycles. The van der Waals surface area contributed by atoms with E-state index in [0.717, 1.165) is 42.2 Å². The van der Waals surface area contributed by atoms with E-state index in [2.05, 4.69) is 4.57 Å². The van der Waals surface area contributed by atoms with Gasteiger partial charge in [0.1, 0.15) is 11.6 Å². The van der Waals surface area contributed by atoms with Crippen molar-refractivity contribution in [2.75, 3.05) is 11.9 Å². The molecule has 2 aromatic rings. The smallest absolute Gasteiger partial charge is 0.233 e. The minimum Gasteiger partial charge on any atom is -0.306 e. The number of fused-ring (bicyclic) bond motifs is 3. The number of aromatic nitrogens is 2. The lowest BCUT2D eigenvalue weighted by atomic mass is 9.81. The maximum Gasteiger partial charge on any atom is 0.233 e. The molecule has 0 bridgehead atoms. The third-order valence-electron chi connectivity index (χ3n) is 5.22. The lowest BCUT2D eigenvalue weighted by molar-refractivity contribution is -0.125. The highest BCUT2D eigenvalue weighted by Gasteiger charge is 2.44. The number of nitrogens with zero attached hydrogens (tertiary/aromatic N) is 3. The van der Waals surface area contributed by atoms with Gasteiger partial charge < -0.3 is 4.57 Å². The van der Waals surface area contributed by atoms with Crippen molar-refractivity contribution in [3.05, 3.63) is 35.0 Å². The van der Waals surface area contributed by atoms with Crippen LogP contribution in [0.15, 0.2) is 24.3 Å². The Morgan fingerprint density at radius 1 is 1.25 bits per heavy atom. The minimum absolute atomic E-state index is 0.0349. The first kappa shape index (κ1) is 16.0. The molecule has 1 amide bonds. The summed E-state index contributed by atoms with van der Waals surface area (Å²) in [6.45, 7) is 1.94. The number of anilines is 1. The van der Waals surface area contributed by atoms with Crippen LogP contribution in [0, 0.1) is 12.8 Å². The molecule has 24 heavy (non-hydrogen) atoms. The number of amides is 1. The van der Waals surface area contributed by atoms with Gasteiger partial charge in [-0.2, -0.15) is 0 Å². The van der Waals surface area contributed by atoms with E-state index < -0.39 is 0 Å². The Kier molecular flexibility index (Phi) is 3.85. The number of hydrogen-bond acceptors (Lipinski definition) is 2. The zero-order valence-electron chi connectivity index (χ0n) is 13.7. The lowest BCUT2D eigenvalue weighted by Crippen LogP contribution is -2.46. The van der Waals surface area contributed by atoms with E-state index in [1.165, 1.54) is 0 Å². The number of carbonyl (C=O) groups excluding carboxylic acids is 1. The van der Waals surface area contributed by atoms with Crippen LogP contribution in [0.25, 0.3) is 11.4 Å². The molecule has 4 nitrogen and oxygen atoms in total. The summed E-state index contributed by atoms with van der Waals surface area (Å²) in [5.41, 5.74) is 1.74. The van der Waals surface area contributed by atoms with Crippen LogP contribution in [-0.2, 0) is 4.79 Å². The summed E-state index contributed by atoms with van der Waals surface area (Å²) < 4.78 is 2.19. The molecule has 0 spiro atoms. The van der Waals surface area contributed by atoms with Crippen molar-refractivity contribution >= 4 is 34.9 Å². The van der Waals surface area contributed by atoms with Crippen molar-refractivity contribution in [2.24, 2.45) is 5.92 Å². The Morgan fingerprint density at radius 3 is 2.75 bits per heavy atom. The van der Waals surface area contributed by atoms with Crippen LogP contribution in [0.2, 0.25) is 5.02 Å². The van der Waals surface area contributed by atoms with Crippen molar-refractivity contribution in [1.82, 2.24) is 9.55 Å². The molecular weight excluding hydrogens is 345 g/mol. The summed E-state index contributed by atoms with van der Waals surface area (Å²) in [4.78, 5) is 19.3. The average Bonchev–Trinajstić information content (AvgIpc) is 2.90. The maximum atomic E-state index is 12.8. The van der Waals surface area contributed by atoms with E-state index in [0.29, 0.717) is 5.02 Å². The van der Waals surface area contributed by atoms with Crippen molar-refractivity contribution in [3.8, 4) is 11.4 Å². The second kappa shape index (κ2) is 5.78. The topological polar surface area (TPSA) is 38.1 Å². The van der Waals surface area contributed by atoms with Gasteiger partial charge in [0, 0.05) is 18.0 Å². The Balaban J connectivity index is 1.95. The summed E-state index contributed by atoms with van der Waals surface area (Å²) in [5, 5.41) is 0.761. The van der Waals surface area contributed by atoms with E-state index in [1.807, 2.05) is 38.2 Å². The van der Waals surface area contributed by atoms with Gasteiger partial charge in [0.15, 0.2) is 0 Å². The molecule has 1 saturated carbocycles. The van der Waals surface area contributed by atoms with Crippen molar-refractivity contribution in [1.29, 1.82) is 0 Å². The zero-order chi connectivity index (χ0) is 17.0. The van der Waals surface area contributed by atoms with E-state index in [-0.39, 0.29) is 23.2 Å². The van der Waals surface area contributed by atoms with Crippen LogP contribution in [0.1, 0.15) is 31.0 Å². The summed E-state index contributed by atoms with van der Waals surface area (Å²) in [6, 6.07) is 7.76. The molecule has 1 aliphatic carbocycles. The summed E-state index contributed by atoms with van der Waals surface area (Å²) in [6.07, 6.45) is 2.49. The summed E-state index contributed by atoms with van der Waals surface area (Å²) in [5.74, 6) is 1.83. The van der Waals surface area contributed by atoms with Crippen LogP contribution in [0.5, 0.6) is 0 Å². The molecule has 0 saturated heterocycles. The monoisotopic (exact) mass is 363 g/mol.